The molecule has 1 N–H and O–H groups in total. The van der Waals surface area contributed by atoms with Crippen LogP contribution in [0.25, 0.3) is 10.8 Å². The fourth-order valence-electron chi connectivity index (χ4n) is 4.10. The van der Waals surface area contributed by atoms with Crippen molar-refractivity contribution in [2.45, 2.75) is 19.3 Å². The normalized spacial score (nSPS) is 24.4. The van der Waals surface area contributed by atoms with Crippen LogP contribution in [0.1, 0.15) is 18.4 Å². The van der Waals surface area contributed by atoms with Gasteiger partial charge in [0, 0.05) is 13.1 Å². The number of hydrogen-bond donors (Lipinski definition) is 1. The van der Waals surface area contributed by atoms with E-state index in [2.05, 4.69) is 52.7 Å². The molecule has 2 aliphatic rings. The maximum atomic E-state index is 12.7. The van der Waals surface area contributed by atoms with E-state index in [9.17, 15) is 4.79 Å². The van der Waals surface area contributed by atoms with Gasteiger partial charge < -0.3 is 10.2 Å². The van der Waals surface area contributed by atoms with Gasteiger partial charge in [0.1, 0.15) is 0 Å². The quantitative estimate of drug-likeness (QED) is 0.925. The highest BCUT2D eigenvalue weighted by atomic mass is 16.2. The van der Waals surface area contributed by atoms with Crippen LogP contribution in [-0.2, 0) is 11.2 Å². The van der Waals surface area contributed by atoms with Crippen LogP contribution in [0.3, 0.4) is 0 Å². The molecule has 0 aromatic heterocycles. The summed E-state index contributed by atoms with van der Waals surface area (Å²) in [4.78, 5) is 14.8. The molecule has 23 heavy (non-hydrogen) atoms. The number of benzene rings is 2. The van der Waals surface area contributed by atoms with Crippen LogP contribution in [0.5, 0.6) is 0 Å². The molecule has 0 saturated carbocycles. The molecule has 2 heterocycles. The summed E-state index contributed by atoms with van der Waals surface area (Å²) >= 11 is 0. The lowest BCUT2D eigenvalue weighted by Gasteiger charge is -2.21. The number of nitrogens with zero attached hydrogens (tertiary/aromatic N) is 1. The van der Waals surface area contributed by atoms with Gasteiger partial charge in [0.2, 0.25) is 5.91 Å². The molecule has 3 nitrogen and oxygen atoms in total. The van der Waals surface area contributed by atoms with E-state index in [0.717, 1.165) is 56.4 Å². The van der Waals surface area contributed by atoms with Crippen molar-refractivity contribution in [1.29, 1.82) is 0 Å². The summed E-state index contributed by atoms with van der Waals surface area (Å²) in [5, 5.41) is 5.94. The number of fused-ring (bicyclic) bond motifs is 2. The van der Waals surface area contributed by atoms with Crippen molar-refractivity contribution in [3.63, 3.8) is 0 Å². The van der Waals surface area contributed by atoms with Crippen molar-refractivity contribution in [2.24, 2.45) is 11.8 Å². The maximum Gasteiger partial charge on any atom is 0.226 e. The lowest BCUT2D eigenvalue weighted by molar-refractivity contribution is -0.130. The van der Waals surface area contributed by atoms with E-state index in [4.69, 9.17) is 0 Å². The highest BCUT2D eigenvalue weighted by Gasteiger charge is 2.31. The molecule has 2 aromatic rings. The molecule has 2 unspecified atom stereocenters. The van der Waals surface area contributed by atoms with E-state index in [0.29, 0.717) is 6.42 Å². The number of carbonyl (C=O) groups is 1. The first-order valence-corrected chi connectivity index (χ1v) is 8.76. The fraction of sp³-hybridized carbons (Fsp3) is 0.450. The van der Waals surface area contributed by atoms with Crippen LogP contribution in [0.2, 0.25) is 0 Å². The minimum absolute atomic E-state index is 0.285. The first kappa shape index (κ1) is 14.7. The molecule has 2 aliphatic heterocycles. The second kappa shape index (κ2) is 6.32. The van der Waals surface area contributed by atoms with E-state index < -0.39 is 0 Å². The molecule has 0 bridgehead atoms. The average Bonchev–Trinajstić information content (AvgIpc) is 2.93. The van der Waals surface area contributed by atoms with E-state index >= 15 is 0 Å². The van der Waals surface area contributed by atoms with Gasteiger partial charge in [-0.1, -0.05) is 42.5 Å². The number of rotatable bonds is 2. The summed E-state index contributed by atoms with van der Waals surface area (Å²) in [6.07, 6.45) is 2.83. The molecule has 0 aliphatic carbocycles. The SMILES string of the molecule is O=C(Cc1ccc2ccccc2c1)N1CCC2CNCC2CC1. The number of likely N-dealkylation sites (tertiary alicyclic amines) is 1. The second-order valence-corrected chi connectivity index (χ2v) is 6.99. The molecule has 2 saturated heterocycles. The van der Waals surface area contributed by atoms with Gasteiger partial charge in [-0.3, -0.25) is 4.79 Å². The zero-order valence-corrected chi connectivity index (χ0v) is 13.5. The van der Waals surface area contributed by atoms with Crippen LogP contribution in [0.15, 0.2) is 42.5 Å². The number of hydrogen-bond acceptors (Lipinski definition) is 2. The summed E-state index contributed by atoms with van der Waals surface area (Å²) in [5.41, 5.74) is 1.12. The Kier molecular flexibility index (Phi) is 4.04. The zero-order chi connectivity index (χ0) is 15.6. The van der Waals surface area contributed by atoms with Gasteiger partial charge in [-0.25, -0.2) is 0 Å². The van der Waals surface area contributed by atoms with E-state index in [1.807, 2.05) is 0 Å². The number of nitrogens with one attached hydrogen (secondary N) is 1. The number of carbonyl (C=O) groups excluding carboxylic acids is 1. The van der Waals surface area contributed by atoms with Crippen molar-refractivity contribution in [3.05, 3.63) is 48.0 Å². The molecule has 2 atom stereocenters. The largest absolute Gasteiger partial charge is 0.342 e. The number of amides is 1. The molecule has 2 fully saturated rings. The summed E-state index contributed by atoms with van der Waals surface area (Å²) in [6.45, 7) is 4.12. The van der Waals surface area contributed by atoms with Gasteiger partial charge in [-0.05, 0) is 54.1 Å². The predicted molar refractivity (Wildman–Crippen MR) is 93.3 cm³/mol. The van der Waals surface area contributed by atoms with Crippen LogP contribution in [-0.4, -0.2) is 37.0 Å². The van der Waals surface area contributed by atoms with E-state index in [-0.39, 0.29) is 5.91 Å². The lowest BCUT2D eigenvalue weighted by Crippen LogP contribution is -2.33. The highest BCUT2D eigenvalue weighted by Crippen LogP contribution is 2.27. The third kappa shape index (κ3) is 3.11. The topological polar surface area (TPSA) is 32.3 Å². The van der Waals surface area contributed by atoms with Crippen LogP contribution >= 0.6 is 0 Å². The molecule has 0 radical (unpaired) electrons. The monoisotopic (exact) mass is 308 g/mol. The molecule has 3 heteroatoms. The summed E-state index contributed by atoms with van der Waals surface area (Å²) < 4.78 is 0. The fourth-order valence-corrected chi connectivity index (χ4v) is 4.10. The smallest absolute Gasteiger partial charge is 0.226 e. The Balaban J connectivity index is 1.44. The molecule has 2 aromatic carbocycles. The second-order valence-electron chi connectivity index (χ2n) is 6.99. The van der Waals surface area contributed by atoms with Crippen molar-refractivity contribution >= 4 is 16.7 Å². The molecule has 4 rings (SSSR count). The van der Waals surface area contributed by atoms with Gasteiger partial charge in [0.05, 0.1) is 6.42 Å². The van der Waals surface area contributed by atoms with Crippen molar-refractivity contribution in [2.75, 3.05) is 26.2 Å². The molecule has 1 amide bonds. The Morgan fingerprint density at radius 2 is 1.70 bits per heavy atom. The zero-order valence-electron chi connectivity index (χ0n) is 13.5. The van der Waals surface area contributed by atoms with Crippen LogP contribution in [0, 0.1) is 11.8 Å². The minimum Gasteiger partial charge on any atom is -0.342 e. The van der Waals surface area contributed by atoms with Crippen molar-refractivity contribution in [3.8, 4) is 0 Å². The Morgan fingerprint density at radius 1 is 1.00 bits per heavy atom. The Labute approximate surface area is 137 Å². The van der Waals surface area contributed by atoms with Gasteiger partial charge in [0.15, 0.2) is 0 Å². The predicted octanol–water partition coefficient (Wildman–Crippen LogP) is 2.84. The first-order chi connectivity index (χ1) is 11.3. The summed E-state index contributed by atoms with van der Waals surface area (Å²) in [5.74, 6) is 1.83. The van der Waals surface area contributed by atoms with Gasteiger partial charge in [-0.15, -0.1) is 0 Å². The Morgan fingerprint density at radius 3 is 2.43 bits per heavy atom. The summed E-state index contributed by atoms with van der Waals surface area (Å²) in [7, 11) is 0. The Bertz CT molecular complexity index is 698. The van der Waals surface area contributed by atoms with Crippen LogP contribution < -0.4 is 5.32 Å². The minimum atomic E-state index is 0.285. The van der Waals surface area contributed by atoms with Crippen molar-refractivity contribution in [1.82, 2.24) is 10.2 Å². The molecule has 120 valence electrons. The van der Waals surface area contributed by atoms with Crippen LogP contribution in [0.4, 0.5) is 0 Å². The van der Waals surface area contributed by atoms with Crippen molar-refractivity contribution < 1.29 is 4.79 Å². The maximum absolute atomic E-state index is 12.7. The van der Waals surface area contributed by atoms with Gasteiger partial charge in [0.25, 0.3) is 0 Å². The third-order valence-electron chi connectivity index (χ3n) is 5.54. The third-order valence-corrected chi connectivity index (χ3v) is 5.54. The summed E-state index contributed by atoms with van der Waals surface area (Å²) in [6, 6.07) is 14.7. The molecule has 0 spiro atoms. The lowest BCUT2D eigenvalue weighted by atomic mass is 9.92. The highest BCUT2D eigenvalue weighted by molar-refractivity contribution is 5.85. The Hall–Kier alpha value is -1.87. The first-order valence-electron chi connectivity index (χ1n) is 8.76. The van der Waals surface area contributed by atoms with Gasteiger partial charge in [-0.2, -0.15) is 0 Å². The average molecular weight is 308 g/mol. The standard InChI is InChI=1S/C20H24N2O/c23-20(22-9-7-18-13-21-14-19(18)8-10-22)12-15-5-6-16-3-1-2-4-17(16)11-15/h1-6,11,18-19,21H,7-10,12-14H2. The molecular weight excluding hydrogens is 284 g/mol. The molecular formula is C20H24N2O. The van der Waals surface area contributed by atoms with Gasteiger partial charge >= 0.3 is 0 Å². The van der Waals surface area contributed by atoms with E-state index in [1.54, 1.807) is 0 Å². The van der Waals surface area contributed by atoms with E-state index in [1.165, 1.54) is 10.8 Å².